The molecule has 0 unspecified atom stereocenters. The first-order valence-electron chi connectivity index (χ1n) is 8.16. The number of hydrogen-bond acceptors (Lipinski definition) is 5. The zero-order valence-electron chi connectivity index (χ0n) is 15.3. The van der Waals surface area contributed by atoms with Crippen LogP contribution in [0.4, 0.5) is 19.0 Å². The Balaban J connectivity index is 2.55. The number of nitrogens with zero attached hydrogens (tertiary/aromatic N) is 2. The number of alkyl halides is 3. The highest BCUT2D eigenvalue weighted by Crippen LogP contribution is 2.39. The topological polar surface area (TPSA) is 101 Å². The predicted molar refractivity (Wildman–Crippen MR) is 95.1 cm³/mol. The highest BCUT2D eigenvalue weighted by molar-refractivity contribution is 5.93. The number of phenolic OH excluding ortho intramolecular Hbond substituents is 1. The summed E-state index contributed by atoms with van der Waals surface area (Å²) in [6.45, 7) is 7.12. The molecule has 0 bridgehead atoms. The van der Waals surface area contributed by atoms with E-state index in [4.69, 9.17) is 5.73 Å². The number of amides is 1. The number of carbonyl (C=O) groups is 1. The minimum absolute atomic E-state index is 0.116. The van der Waals surface area contributed by atoms with Crippen molar-refractivity contribution in [1.29, 1.82) is 0 Å². The van der Waals surface area contributed by atoms with Crippen LogP contribution in [0.2, 0.25) is 0 Å². The summed E-state index contributed by atoms with van der Waals surface area (Å²) in [7, 11) is 0. The van der Waals surface area contributed by atoms with Crippen LogP contribution in [0.5, 0.6) is 5.75 Å². The molecule has 146 valence electrons. The number of nitrogens with two attached hydrogens (primary N) is 1. The molecule has 27 heavy (non-hydrogen) atoms. The minimum Gasteiger partial charge on any atom is -0.507 e. The van der Waals surface area contributed by atoms with Crippen molar-refractivity contribution in [3.8, 4) is 17.0 Å². The third-order valence-electron chi connectivity index (χ3n) is 3.85. The fraction of sp³-hybridized carbons (Fsp3) is 0.389. The van der Waals surface area contributed by atoms with Crippen molar-refractivity contribution in [2.24, 2.45) is 5.73 Å². The molecule has 0 aliphatic carbocycles. The van der Waals surface area contributed by atoms with Crippen LogP contribution in [-0.4, -0.2) is 27.3 Å². The minimum atomic E-state index is -4.57. The van der Waals surface area contributed by atoms with Gasteiger partial charge in [0.25, 0.3) is 0 Å². The van der Waals surface area contributed by atoms with Gasteiger partial charge in [0.2, 0.25) is 5.91 Å². The van der Waals surface area contributed by atoms with Crippen molar-refractivity contribution >= 4 is 11.7 Å². The van der Waals surface area contributed by atoms with Crippen molar-refractivity contribution in [3.63, 3.8) is 0 Å². The van der Waals surface area contributed by atoms with Gasteiger partial charge in [-0.15, -0.1) is 10.2 Å². The number of benzene rings is 1. The zero-order chi connectivity index (χ0) is 20.6. The van der Waals surface area contributed by atoms with Gasteiger partial charge in [-0.25, -0.2) is 0 Å². The zero-order valence-corrected chi connectivity index (χ0v) is 15.3. The largest absolute Gasteiger partial charge is 0.507 e. The van der Waals surface area contributed by atoms with E-state index in [-0.39, 0.29) is 17.1 Å². The lowest BCUT2D eigenvalue weighted by Crippen LogP contribution is -2.33. The second-order valence-electron chi connectivity index (χ2n) is 7.25. The molecule has 4 N–H and O–H groups in total. The van der Waals surface area contributed by atoms with Gasteiger partial charge in [-0.05, 0) is 42.2 Å². The van der Waals surface area contributed by atoms with E-state index in [1.807, 2.05) is 20.8 Å². The van der Waals surface area contributed by atoms with Crippen LogP contribution in [0, 0.1) is 0 Å². The van der Waals surface area contributed by atoms with Crippen molar-refractivity contribution in [3.05, 3.63) is 35.4 Å². The van der Waals surface area contributed by atoms with Crippen LogP contribution in [0.15, 0.2) is 24.3 Å². The molecule has 1 aromatic heterocycles. The van der Waals surface area contributed by atoms with Gasteiger partial charge in [0.15, 0.2) is 5.82 Å². The Hall–Kier alpha value is -2.68. The third kappa shape index (κ3) is 4.73. The molecule has 1 heterocycles. The van der Waals surface area contributed by atoms with Crippen molar-refractivity contribution < 1.29 is 23.1 Å². The van der Waals surface area contributed by atoms with Crippen LogP contribution in [0.1, 0.15) is 38.8 Å². The standard InChI is InChI=1S/C18H21F3N4O2/c1-9(22)16(27)23-14-8-12(17(2,3)4)15(25-24-14)11-6-5-10(7-13(11)26)18(19,20)21/h5-9,26H,22H2,1-4H3,(H,23,24,27)/t9-/m1/s1. The monoisotopic (exact) mass is 382 g/mol. The third-order valence-corrected chi connectivity index (χ3v) is 3.85. The van der Waals surface area contributed by atoms with Crippen LogP contribution in [0.3, 0.4) is 0 Å². The van der Waals surface area contributed by atoms with Crippen LogP contribution in [-0.2, 0) is 16.4 Å². The van der Waals surface area contributed by atoms with Gasteiger partial charge in [-0.2, -0.15) is 13.2 Å². The summed E-state index contributed by atoms with van der Waals surface area (Å²) < 4.78 is 38.5. The quantitative estimate of drug-likeness (QED) is 0.755. The maximum absolute atomic E-state index is 12.8. The Labute approximate surface area is 154 Å². The normalized spacial score (nSPS) is 13.3. The summed E-state index contributed by atoms with van der Waals surface area (Å²) in [4.78, 5) is 11.8. The van der Waals surface area contributed by atoms with E-state index in [0.717, 1.165) is 12.1 Å². The molecule has 2 rings (SSSR count). The van der Waals surface area contributed by atoms with Gasteiger partial charge in [-0.3, -0.25) is 4.79 Å². The molecule has 0 saturated heterocycles. The first-order valence-corrected chi connectivity index (χ1v) is 8.16. The first-order chi connectivity index (χ1) is 12.3. The number of anilines is 1. The van der Waals surface area contributed by atoms with Crippen LogP contribution in [0.25, 0.3) is 11.3 Å². The van der Waals surface area contributed by atoms with Crippen LogP contribution < -0.4 is 11.1 Å². The highest BCUT2D eigenvalue weighted by atomic mass is 19.4. The molecule has 2 aromatic rings. The summed E-state index contributed by atoms with van der Waals surface area (Å²) in [5.41, 5.74) is 4.99. The molecule has 0 saturated carbocycles. The summed E-state index contributed by atoms with van der Waals surface area (Å²) in [6.07, 6.45) is -4.57. The maximum Gasteiger partial charge on any atom is 0.416 e. The Bertz CT molecular complexity index is 859. The van der Waals surface area contributed by atoms with E-state index < -0.39 is 34.9 Å². The van der Waals surface area contributed by atoms with Gasteiger partial charge in [0.1, 0.15) is 11.4 Å². The molecule has 9 heteroatoms. The van der Waals surface area contributed by atoms with Gasteiger partial charge >= 0.3 is 6.18 Å². The van der Waals surface area contributed by atoms with E-state index in [2.05, 4.69) is 15.5 Å². The SMILES string of the molecule is C[C@@H](N)C(=O)Nc1cc(C(C)(C)C)c(-c2ccc(C(F)(F)F)cc2O)nn1. The van der Waals surface area contributed by atoms with Crippen LogP contribution >= 0.6 is 0 Å². The second kappa shape index (κ2) is 7.15. The lowest BCUT2D eigenvalue weighted by molar-refractivity contribution is -0.137. The lowest BCUT2D eigenvalue weighted by Gasteiger charge is -2.23. The van der Waals surface area contributed by atoms with E-state index in [1.54, 1.807) is 6.07 Å². The Morgan fingerprint density at radius 2 is 1.81 bits per heavy atom. The summed E-state index contributed by atoms with van der Waals surface area (Å²) >= 11 is 0. The fourth-order valence-electron chi connectivity index (χ4n) is 2.37. The van der Waals surface area contributed by atoms with Crippen molar-refractivity contribution in [2.45, 2.75) is 45.3 Å². The molecule has 0 spiro atoms. The molecular formula is C18H21F3N4O2. The first kappa shape index (κ1) is 20.6. The molecule has 0 aliphatic rings. The average Bonchev–Trinajstić information content (AvgIpc) is 2.53. The Kier molecular flexibility index (Phi) is 5.46. The number of carbonyl (C=O) groups excluding carboxylic acids is 1. The average molecular weight is 382 g/mol. The molecule has 0 aliphatic heterocycles. The number of phenols is 1. The van der Waals surface area contributed by atoms with E-state index in [9.17, 15) is 23.1 Å². The Morgan fingerprint density at radius 3 is 2.30 bits per heavy atom. The molecular weight excluding hydrogens is 361 g/mol. The smallest absolute Gasteiger partial charge is 0.416 e. The van der Waals surface area contributed by atoms with E-state index >= 15 is 0 Å². The molecule has 0 fully saturated rings. The van der Waals surface area contributed by atoms with Crippen molar-refractivity contribution in [1.82, 2.24) is 10.2 Å². The van der Waals surface area contributed by atoms with E-state index in [0.29, 0.717) is 11.6 Å². The van der Waals surface area contributed by atoms with E-state index in [1.165, 1.54) is 6.92 Å². The predicted octanol–water partition coefficient (Wildman–Crippen LogP) is 3.45. The summed E-state index contributed by atoms with van der Waals surface area (Å²) in [5.74, 6) is -0.844. The summed E-state index contributed by atoms with van der Waals surface area (Å²) in [6, 6.07) is 3.49. The number of nitrogens with one attached hydrogen (secondary N) is 1. The van der Waals surface area contributed by atoms with Gasteiger partial charge in [-0.1, -0.05) is 20.8 Å². The van der Waals surface area contributed by atoms with Gasteiger partial charge in [0, 0.05) is 5.56 Å². The number of aromatic hydroxyl groups is 1. The number of halogens is 3. The molecule has 1 aromatic carbocycles. The molecule has 1 atom stereocenters. The fourth-order valence-corrected chi connectivity index (χ4v) is 2.37. The highest BCUT2D eigenvalue weighted by Gasteiger charge is 2.32. The number of hydrogen-bond donors (Lipinski definition) is 3. The Morgan fingerprint density at radius 1 is 1.19 bits per heavy atom. The lowest BCUT2D eigenvalue weighted by atomic mass is 9.84. The maximum atomic E-state index is 12.8. The molecule has 6 nitrogen and oxygen atoms in total. The molecule has 1 amide bonds. The summed E-state index contributed by atoms with van der Waals surface area (Å²) in [5, 5.41) is 20.6. The number of rotatable bonds is 3. The molecule has 0 radical (unpaired) electrons. The van der Waals surface area contributed by atoms with Gasteiger partial charge in [0.05, 0.1) is 11.6 Å². The number of aromatic nitrogens is 2. The van der Waals surface area contributed by atoms with Crippen molar-refractivity contribution in [2.75, 3.05) is 5.32 Å². The second-order valence-corrected chi connectivity index (χ2v) is 7.25. The van der Waals surface area contributed by atoms with Gasteiger partial charge < -0.3 is 16.2 Å².